The normalized spacial score (nSPS) is 15.2. The van der Waals surface area contributed by atoms with E-state index in [0.29, 0.717) is 7.05 Å². The summed E-state index contributed by atoms with van der Waals surface area (Å²) in [5, 5.41) is -0.240. The van der Waals surface area contributed by atoms with Crippen molar-refractivity contribution in [2.75, 3.05) is 0 Å². The van der Waals surface area contributed by atoms with Crippen molar-refractivity contribution in [3.8, 4) is 0 Å². The number of alkyl halides is 13. The van der Waals surface area contributed by atoms with Crippen LogP contribution < -0.4 is 0 Å². The zero-order valence-electron chi connectivity index (χ0n) is 13.7. The van der Waals surface area contributed by atoms with E-state index in [0.717, 1.165) is 12.1 Å². The van der Waals surface area contributed by atoms with E-state index in [1.807, 2.05) is 0 Å². The first kappa shape index (κ1) is 23.1. The van der Waals surface area contributed by atoms with Crippen LogP contribution in [0.4, 0.5) is 57.1 Å². The molecule has 0 atom stereocenters. The molecule has 0 fully saturated rings. The highest BCUT2D eigenvalue weighted by Gasteiger charge is 2.91. The molecule has 0 aliphatic heterocycles. The van der Waals surface area contributed by atoms with Crippen molar-refractivity contribution >= 4 is 10.9 Å². The molecule has 0 spiro atoms. The van der Waals surface area contributed by atoms with Gasteiger partial charge in [-0.05, 0) is 12.1 Å². The molecule has 1 heterocycles. The molecule has 29 heavy (non-hydrogen) atoms. The van der Waals surface area contributed by atoms with Gasteiger partial charge in [-0.25, -0.2) is 0 Å². The quantitative estimate of drug-likeness (QED) is 0.468. The van der Waals surface area contributed by atoms with Gasteiger partial charge in [-0.15, -0.1) is 0 Å². The number of aryl methyl sites for hydroxylation is 1. The molecule has 0 saturated carbocycles. The van der Waals surface area contributed by atoms with Gasteiger partial charge in [0.2, 0.25) is 0 Å². The van der Waals surface area contributed by atoms with Crippen LogP contribution in [0, 0.1) is 0 Å². The fraction of sp³-hybridized carbons (Fsp3) is 0.467. The van der Waals surface area contributed by atoms with E-state index < -0.39 is 41.5 Å². The molecule has 0 aliphatic rings. The van der Waals surface area contributed by atoms with Crippen LogP contribution >= 0.6 is 0 Å². The van der Waals surface area contributed by atoms with E-state index in [1.165, 1.54) is 12.1 Å². The Balaban J connectivity index is 2.68. The molecule has 0 amide bonds. The van der Waals surface area contributed by atoms with Crippen LogP contribution in [0.5, 0.6) is 0 Å². The van der Waals surface area contributed by atoms with Crippen LogP contribution in [-0.4, -0.2) is 34.4 Å². The Morgan fingerprint density at radius 2 is 1.07 bits per heavy atom. The summed E-state index contributed by atoms with van der Waals surface area (Å²) >= 11 is 0. The zero-order chi connectivity index (χ0) is 22.8. The molecule has 2 aromatic rings. The van der Waals surface area contributed by atoms with E-state index in [1.54, 1.807) is 0 Å². The van der Waals surface area contributed by atoms with Crippen molar-refractivity contribution in [1.29, 1.82) is 0 Å². The lowest BCUT2D eigenvalue weighted by atomic mass is 9.92. The Bertz CT molecular complexity index is 907. The second-order valence-electron chi connectivity index (χ2n) is 6.02. The summed E-state index contributed by atoms with van der Waals surface area (Å²) in [5.74, 6) is -37.1. The van der Waals surface area contributed by atoms with Gasteiger partial charge in [0.25, 0.3) is 0 Å². The van der Waals surface area contributed by atoms with Crippen molar-refractivity contribution in [2.24, 2.45) is 7.05 Å². The fourth-order valence-corrected chi connectivity index (χ4v) is 2.52. The van der Waals surface area contributed by atoms with Gasteiger partial charge in [-0.2, -0.15) is 57.1 Å². The Morgan fingerprint density at radius 3 is 1.52 bits per heavy atom. The van der Waals surface area contributed by atoms with E-state index >= 15 is 0 Å². The summed E-state index contributed by atoms with van der Waals surface area (Å²) in [6.07, 6.45) is -7.43. The van der Waals surface area contributed by atoms with Gasteiger partial charge in [0, 0.05) is 18.0 Å². The zero-order valence-corrected chi connectivity index (χ0v) is 13.7. The summed E-state index contributed by atoms with van der Waals surface area (Å²) in [4.78, 5) is 0. The van der Waals surface area contributed by atoms with Gasteiger partial charge in [-0.1, -0.05) is 18.2 Å². The Kier molecular flexibility index (Phi) is 4.92. The van der Waals surface area contributed by atoms with Gasteiger partial charge in [0.15, 0.2) is 0 Å². The van der Waals surface area contributed by atoms with Gasteiger partial charge in [0.1, 0.15) is 0 Å². The number of nitrogens with zero attached hydrogens (tertiary/aromatic N) is 1. The van der Waals surface area contributed by atoms with E-state index in [9.17, 15) is 57.1 Å². The third kappa shape index (κ3) is 2.85. The molecule has 1 nitrogen and oxygen atoms in total. The van der Waals surface area contributed by atoms with Gasteiger partial charge in [-0.3, -0.25) is 0 Å². The molecular formula is C15H8F13N. The molecule has 1 aromatic carbocycles. The molecule has 0 aliphatic carbocycles. The summed E-state index contributed by atoms with van der Waals surface area (Å²) in [6.45, 7) is 0. The maximum Gasteiger partial charge on any atom is 0.460 e. The highest BCUT2D eigenvalue weighted by molar-refractivity contribution is 5.81. The first-order chi connectivity index (χ1) is 12.7. The molecule has 0 N–H and O–H groups in total. The second-order valence-corrected chi connectivity index (χ2v) is 6.02. The number of fused-ring (bicyclic) bond motifs is 1. The van der Waals surface area contributed by atoms with Crippen molar-refractivity contribution in [1.82, 2.24) is 4.57 Å². The molecule has 0 radical (unpaired) electrons. The molecule has 0 saturated heterocycles. The highest BCUT2D eigenvalue weighted by atomic mass is 19.4. The van der Waals surface area contributed by atoms with E-state index in [4.69, 9.17) is 0 Å². The second kappa shape index (κ2) is 6.17. The van der Waals surface area contributed by atoms with E-state index in [2.05, 4.69) is 0 Å². The van der Waals surface area contributed by atoms with Crippen LogP contribution in [-0.2, 0) is 13.0 Å². The van der Waals surface area contributed by atoms with Gasteiger partial charge in [0.05, 0.1) is 5.69 Å². The van der Waals surface area contributed by atoms with Gasteiger partial charge < -0.3 is 4.57 Å². The molecular weight excluding hydrogens is 441 g/mol. The van der Waals surface area contributed by atoms with Crippen molar-refractivity contribution in [3.63, 3.8) is 0 Å². The predicted molar refractivity (Wildman–Crippen MR) is 72.7 cm³/mol. The van der Waals surface area contributed by atoms with E-state index in [-0.39, 0.29) is 21.5 Å². The van der Waals surface area contributed by atoms with Gasteiger partial charge >= 0.3 is 35.8 Å². The number of para-hydroxylation sites is 1. The average molecular weight is 449 g/mol. The largest absolute Gasteiger partial charge is 0.460 e. The molecule has 2 rings (SSSR count). The van der Waals surface area contributed by atoms with Crippen LogP contribution in [0.15, 0.2) is 30.3 Å². The van der Waals surface area contributed by atoms with Crippen LogP contribution in [0.3, 0.4) is 0 Å². The first-order valence-electron chi connectivity index (χ1n) is 7.26. The molecule has 1 aromatic heterocycles. The van der Waals surface area contributed by atoms with Crippen LogP contribution in [0.2, 0.25) is 0 Å². The van der Waals surface area contributed by atoms with Crippen molar-refractivity contribution < 1.29 is 57.1 Å². The standard InChI is InChI=1S/C15H8F13N/c1-29-8-5-3-2-4-7(8)6-9(29)10(16,17)11(18,19)12(20,21)13(22,23)14(24,25)15(26,27)28/h2-6H,1H3. The lowest BCUT2D eigenvalue weighted by Gasteiger charge is -2.39. The lowest BCUT2D eigenvalue weighted by Crippen LogP contribution is -2.69. The third-order valence-electron chi connectivity index (χ3n) is 4.21. The molecule has 0 bridgehead atoms. The number of halogens is 13. The fourth-order valence-electron chi connectivity index (χ4n) is 2.52. The topological polar surface area (TPSA) is 4.93 Å². The maximum atomic E-state index is 14.2. The Morgan fingerprint density at radius 1 is 0.621 bits per heavy atom. The van der Waals surface area contributed by atoms with Crippen molar-refractivity contribution in [3.05, 3.63) is 36.0 Å². The molecule has 0 unspecified atom stereocenters. The van der Waals surface area contributed by atoms with Crippen LogP contribution in [0.25, 0.3) is 10.9 Å². The number of hydrogen-bond acceptors (Lipinski definition) is 0. The monoisotopic (exact) mass is 449 g/mol. The summed E-state index contributed by atoms with van der Waals surface area (Å²) < 4.78 is 172. The van der Waals surface area contributed by atoms with Crippen molar-refractivity contribution in [2.45, 2.75) is 35.8 Å². The maximum absolute atomic E-state index is 14.2. The third-order valence-corrected chi connectivity index (χ3v) is 4.21. The molecule has 14 heteroatoms. The number of rotatable bonds is 5. The smallest absolute Gasteiger partial charge is 0.342 e. The SMILES string of the molecule is Cn1c(C(F)(F)C(F)(F)C(F)(F)C(F)(F)C(F)(F)C(F)(F)F)cc2ccccc21. The minimum Gasteiger partial charge on any atom is -0.342 e. The minimum absolute atomic E-state index is 0.194. The summed E-state index contributed by atoms with van der Waals surface area (Å²) in [5.41, 5.74) is -2.26. The first-order valence-corrected chi connectivity index (χ1v) is 7.26. The highest BCUT2D eigenvalue weighted by Crippen LogP contribution is 2.62. The number of aromatic nitrogens is 1. The minimum atomic E-state index is -7.91. The van der Waals surface area contributed by atoms with Crippen LogP contribution in [0.1, 0.15) is 5.69 Å². The average Bonchev–Trinajstić information content (AvgIpc) is 2.91. The summed E-state index contributed by atoms with van der Waals surface area (Å²) in [7, 11) is 0.655. The lowest BCUT2D eigenvalue weighted by molar-refractivity contribution is -0.442. The number of hydrogen-bond donors (Lipinski definition) is 0. The predicted octanol–water partition coefficient (Wildman–Crippen LogP) is 6.37. The Hall–Kier alpha value is -2.15. The number of benzene rings is 1. The summed E-state index contributed by atoms with van der Waals surface area (Å²) in [6, 6.07) is 4.73. The molecule has 164 valence electrons. The Labute approximate surface area is 152 Å².